The van der Waals surface area contributed by atoms with Gasteiger partial charge in [-0.15, -0.1) is 11.3 Å². The number of carbonyl (C=O) groups is 3. The summed E-state index contributed by atoms with van der Waals surface area (Å²) in [5, 5.41) is 13.8. The van der Waals surface area contributed by atoms with Crippen molar-refractivity contribution in [2.24, 2.45) is 5.73 Å². The predicted molar refractivity (Wildman–Crippen MR) is 160 cm³/mol. The van der Waals surface area contributed by atoms with Gasteiger partial charge in [-0.25, -0.2) is 8.42 Å². The monoisotopic (exact) mass is 595 g/mol. The number of nitrogens with two attached hydrogens (primary N) is 1. The molecule has 1 aliphatic rings. The van der Waals surface area contributed by atoms with E-state index in [1.54, 1.807) is 36.6 Å². The van der Waals surface area contributed by atoms with Gasteiger partial charge in [-0.3, -0.25) is 19.8 Å². The van der Waals surface area contributed by atoms with E-state index in [4.69, 9.17) is 11.1 Å². The van der Waals surface area contributed by atoms with Crippen molar-refractivity contribution in [1.82, 2.24) is 15.5 Å². The van der Waals surface area contributed by atoms with E-state index >= 15 is 0 Å². The normalized spacial score (nSPS) is 17.6. The molecule has 5 N–H and O–H groups in total. The van der Waals surface area contributed by atoms with Gasteiger partial charge in [0.15, 0.2) is 9.84 Å². The lowest BCUT2D eigenvalue weighted by Crippen LogP contribution is -2.49. The molecule has 3 atom stereocenters. The number of thiophene rings is 1. The second-order valence-corrected chi connectivity index (χ2v) is 13.5. The molecule has 3 amide bonds. The first-order valence-corrected chi connectivity index (χ1v) is 15.8. The predicted octanol–water partition coefficient (Wildman–Crippen LogP) is 2.63. The van der Waals surface area contributed by atoms with Gasteiger partial charge in [0.05, 0.1) is 17.8 Å². The zero-order valence-electron chi connectivity index (χ0n) is 23.0. The summed E-state index contributed by atoms with van der Waals surface area (Å²) in [4.78, 5) is 41.4. The third-order valence-corrected chi connectivity index (χ3v) is 9.79. The highest BCUT2D eigenvalue weighted by Crippen LogP contribution is 2.26. The second-order valence-electron chi connectivity index (χ2n) is 10.3. The standard InChI is InChI=1S/C29H33N5O5S2/c1-17-7-9-19(10-8-17)20-5-4-6-21(11-20)28(36)32-14-26(35)34-15-23(41(3,38)39)13-24(34)29(37)33-18(2)25-12-22(16-40-25)27(30)31/h4-12,16,18,23-24H,13-15H2,1-3H3,(H3,30,31)(H,32,36)(H,33,37)/t18-,23?,24+/m1/s1. The van der Waals surface area contributed by atoms with Crippen LogP contribution in [0.1, 0.15) is 45.7 Å². The fourth-order valence-corrected chi connectivity index (χ4v) is 6.56. The zero-order chi connectivity index (χ0) is 29.9. The molecular formula is C29H33N5O5S2. The Kier molecular flexibility index (Phi) is 8.93. The van der Waals surface area contributed by atoms with Crippen molar-refractivity contribution in [3.63, 3.8) is 0 Å². The van der Waals surface area contributed by atoms with Crippen LogP contribution in [0.15, 0.2) is 60.0 Å². The van der Waals surface area contributed by atoms with Crippen molar-refractivity contribution >= 4 is 44.7 Å². The molecule has 1 aliphatic heterocycles. The third-order valence-electron chi connectivity index (χ3n) is 7.12. The highest BCUT2D eigenvalue weighted by Gasteiger charge is 2.43. The quantitative estimate of drug-likeness (QED) is 0.220. The van der Waals surface area contributed by atoms with Crippen molar-refractivity contribution < 1.29 is 22.8 Å². The molecule has 1 saturated heterocycles. The van der Waals surface area contributed by atoms with Gasteiger partial charge in [-0.05, 0) is 49.6 Å². The first-order chi connectivity index (χ1) is 19.3. The number of nitrogen functional groups attached to an aromatic ring is 1. The molecule has 2 heterocycles. The Morgan fingerprint density at radius 2 is 1.80 bits per heavy atom. The molecule has 0 radical (unpaired) electrons. The number of benzene rings is 2. The summed E-state index contributed by atoms with van der Waals surface area (Å²) in [5.41, 5.74) is 9.37. The molecule has 10 nitrogen and oxygen atoms in total. The van der Waals surface area contributed by atoms with Crippen LogP contribution < -0.4 is 16.4 Å². The minimum atomic E-state index is -3.53. The van der Waals surface area contributed by atoms with Crippen LogP contribution in [-0.2, 0) is 19.4 Å². The van der Waals surface area contributed by atoms with Crippen molar-refractivity contribution in [3.8, 4) is 11.1 Å². The van der Waals surface area contributed by atoms with Crippen LogP contribution in [0.4, 0.5) is 0 Å². The molecule has 0 saturated carbocycles. The molecule has 0 spiro atoms. The molecule has 1 fully saturated rings. The number of likely N-dealkylation sites (tertiary alicyclic amines) is 1. The van der Waals surface area contributed by atoms with Gasteiger partial charge in [0, 0.05) is 34.2 Å². The average molecular weight is 596 g/mol. The van der Waals surface area contributed by atoms with E-state index in [9.17, 15) is 22.8 Å². The average Bonchev–Trinajstić information content (AvgIpc) is 3.61. The van der Waals surface area contributed by atoms with Crippen LogP contribution in [-0.4, -0.2) is 67.5 Å². The number of rotatable bonds is 9. The molecule has 0 bridgehead atoms. The molecule has 1 aromatic heterocycles. The zero-order valence-corrected chi connectivity index (χ0v) is 24.6. The van der Waals surface area contributed by atoms with Gasteiger partial charge in [0.25, 0.3) is 5.91 Å². The molecule has 41 heavy (non-hydrogen) atoms. The minimum absolute atomic E-state index is 0.0429. The number of amidine groups is 1. The molecule has 1 unspecified atom stereocenters. The maximum absolute atomic E-state index is 13.3. The van der Waals surface area contributed by atoms with E-state index < -0.39 is 51.4 Å². The molecule has 12 heteroatoms. The van der Waals surface area contributed by atoms with Gasteiger partial charge in [0.2, 0.25) is 11.8 Å². The topological polar surface area (TPSA) is 163 Å². The Balaban J connectivity index is 1.44. The van der Waals surface area contributed by atoms with Gasteiger partial charge in [-0.1, -0.05) is 42.0 Å². The smallest absolute Gasteiger partial charge is 0.251 e. The van der Waals surface area contributed by atoms with Gasteiger partial charge < -0.3 is 21.3 Å². The summed E-state index contributed by atoms with van der Waals surface area (Å²) in [6.07, 6.45) is 1.04. The number of hydrogen-bond acceptors (Lipinski definition) is 7. The van der Waals surface area contributed by atoms with E-state index in [0.29, 0.717) is 11.1 Å². The number of nitrogens with zero attached hydrogens (tertiary/aromatic N) is 1. The lowest BCUT2D eigenvalue weighted by atomic mass is 10.0. The second kappa shape index (κ2) is 12.2. The lowest BCUT2D eigenvalue weighted by molar-refractivity contribution is -0.137. The van der Waals surface area contributed by atoms with E-state index in [0.717, 1.165) is 27.8 Å². The van der Waals surface area contributed by atoms with Crippen LogP contribution in [0, 0.1) is 12.3 Å². The van der Waals surface area contributed by atoms with E-state index in [1.165, 1.54) is 16.2 Å². The lowest BCUT2D eigenvalue weighted by Gasteiger charge is -2.25. The molecule has 2 aromatic carbocycles. The third kappa shape index (κ3) is 7.19. The fraction of sp³-hybridized carbons (Fsp3) is 0.310. The Bertz CT molecular complexity index is 1580. The Morgan fingerprint density at radius 3 is 2.44 bits per heavy atom. The Morgan fingerprint density at radius 1 is 1.10 bits per heavy atom. The maximum Gasteiger partial charge on any atom is 0.251 e. The summed E-state index contributed by atoms with van der Waals surface area (Å²) < 4.78 is 24.7. The molecular weight excluding hydrogens is 562 g/mol. The highest BCUT2D eigenvalue weighted by molar-refractivity contribution is 7.91. The Labute approximate surface area is 243 Å². The molecule has 4 rings (SSSR count). The van der Waals surface area contributed by atoms with Crippen LogP contribution in [0.3, 0.4) is 0 Å². The van der Waals surface area contributed by atoms with Crippen molar-refractivity contribution in [2.45, 2.75) is 37.6 Å². The fourth-order valence-electron chi connectivity index (χ4n) is 4.68. The van der Waals surface area contributed by atoms with Crippen molar-refractivity contribution in [1.29, 1.82) is 5.41 Å². The van der Waals surface area contributed by atoms with Gasteiger partial charge in [0.1, 0.15) is 11.9 Å². The van der Waals surface area contributed by atoms with E-state index in [1.807, 2.05) is 37.3 Å². The minimum Gasteiger partial charge on any atom is -0.384 e. The SMILES string of the molecule is Cc1ccc(-c2cccc(C(=O)NCC(=O)N3CC(S(C)(=O)=O)C[C@H]3C(=O)N[C@H](C)c3cc(C(=N)N)cs3)c2)cc1. The molecule has 216 valence electrons. The number of nitrogens with one attached hydrogen (secondary N) is 3. The van der Waals surface area contributed by atoms with Gasteiger partial charge in [-0.2, -0.15) is 0 Å². The molecule has 0 aliphatic carbocycles. The molecule has 3 aromatic rings. The van der Waals surface area contributed by atoms with Crippen LogP contribution >= 0.6 is 11.3 Å². The highest BCUT2D eigenvalue weighted by atomic mass is 32.2. The summed E-state index contributed by atoms with van der Waals surface area (Å²) in [6.45, 7) is 3.22. The number of carbonyl (C=O) groups excluding carboxylic acids is 3. The summed E-state index contributed by atoms with van der Waals surface area (Å²) in [5.74, 6) is -1.59. The largest absolute Gasteiger partial charge is 0.384 e. The summed E-state index contributed by atoms with van der Waals surface area (Å²) in [6, 6.07) is 15.2. The first-order valence-electron chi connectivity index (χ1n) is 13.0. The van der Waals surface area contributed by atoms with Crippen molar-refractivity contribution in [3.05, 3.63) is 81.5 Å². The van der Waals surface area contributed by atoms with E-state index in [2.05, 4.69) is 10.6 Å². The van der Waals surface area contributed by atoms with Crippen LogP contribution in [0.25, 0.3) is 11.1 Å². The number of amides is 3. The van der Waals surface area contributed by atoms with Crippen LogP contribution in [0.2, 0.25) is 0 Å². The number of sulfone groups is 1. The van der Waals surface area contributed by atoms with E-state index in [-0.39, 0.29) is 18.8 Å². The van der Waals surface area contributed by atoms with Crippen molar-refractivity contribution in [2.75, 3.05) is 19.3 Å². The van der Waals surface area contributed by atoms with Gasteiger partial charge >= 0.3 is 0 Å². The van der Waals surface area contributed by atoms with Crippen LogP contribution in [0.5, 0.6) is 0 Å². The summed E-state index contributed by atoms with van der Waals surface area (Å²) in [7, 11) is -3.53. The maximum atomic E-state index is 13.3. The Hall–Kier alpha value is -4.03. The number of aryl methyl sites for hydroxylation is 1. The summed E-state index contributed by atoms with van der Waals surface area (Å²) >= 11 is 1.33. The first kappa shape index (κ1) is 29.9. The number of hydrogen-bond donors (Lipinski definition) is 4.